The number of nitrogens with zero attached hydrogens (tertiary/aromatic N) is 4. The summed E-state index contributed by atoms with van der Waals surface area (Å²) in [7, 11) is 3.83. The van der Waals surface area contributed by atoms with Crippen LogP contribution in [0.5, 0.6) is 11.5 Å². The summed E-state index contributed by atoms with van der Waals surface area (Å²) in [6.45, 7) is 0.797. The molecule has 1 fully saturated rings. The molecular weight excluding hydrogens is 651 g/mol. The molecule has 0 bridgehead atoms. The number of esters is 2. The Bertz CT molecular complexity index is 1400. The van der Waals surface area contributed by atoms with E-state index in [4.69, 9.17) is 19.7 Å². The van der Waals surface area contributed by atoms with Crippen molar-refractivity contribution in [3.8, 4) is 11.5 Å². The zero-order chi connectivity index (χ0) is 33.9. The predicted molar refractivity (Wildman–Crippen MR) is 177 cm³/mol. The summed E-state index contributed by atoms with van der Waals surface area (Å²) in [5.74, 6) is 0.270. The van der Waals surface area contributed by atoms with E-state index in [-0.39, 0.29) is 49.0 Å². The number of carbonyl (C=O) groups excluding carboxylic acids is 4. The van der Waals surface area contributed by atoms with E-state index in [0.29, 0.717) is 24.9 Å². The van der Waals surface area contributed by atoms with Gasteiger partial charge in [0.2, 0.25) is 0 Å². The third-order valence-corrected chi connectivity index (χ3v) is 9.74. The highest BCUT2D eigenvalue weighted by Crippen LogP contribution is 2.36. The van der Waals surface area contributed by atoms with Gasteiger partial charge in [-0.25, -0.2) is 4.79 Å². The van der Waals surface area contributed by atoms with Gasteiger partial charge in [0.25, 0.3) is 5.69 Å². The molecule has 252 valence electrons. The summed E-state index contributed by atoms with van der Waals surface area (Å²) in [4.78, 5) is 63.4. The minimum Gasteiger partial charge on any atom is -0.445 e. The number of ether oxygens (including phenoxy) is 3. The summed E-state index contributed by atoms with van der Waals surface area (Å²) < 4.78 is 16.0. The van der Waals surface area contributed by atoms with E-state index < -0.39 is 35.3 Å². The first-order valence-electron chi connectivity index (χ1n) is 15.2. The molecule has 0 spiro atoms. The number of nitrogens with one attached hydrogen (secondary N) is 1. The van der Waals surface area contributed by atoms with E-state index in [0.717, 1.165) is 25.2 Å². The van der Waals surface area contributed by atoms with Gasteiger partial charge >= 0.3 is 18.0 Å². The molecule has 1 atom stereocenters. The summed E-state index contributed by atoms with van der Waals surface area (Å²) in [6, 6.07) is 11.1. The highest BCUT2D eigenvalue weighted by molar-refractivity contribution is 8.77. The molecule has 1 unspecified atom stereocenters. The van der Waals surface area contributed by atoms with Crippen molar-refractivity contribution in [2.45, 2.75) is 58.0 Å². The van der Waals surface area contributed by atoms with E-state index in [2.05, 4.69) is 15.3 Å². The summed E-state index contributed by atoms with van der Waals surface area (Å²) in [6.07, 6.45) is 2.88. The minimum absolute atomic E-state index is 0.0157. The van der Waals surface area contributed by atoms with Crippen molar-refractivity contribution in [1.82, 2.24) is 5.32 Å². The van der Waals surface area contributed by atoms with Crippen LogP contribution in [-0.2, 0) is 25.7 Å². The van der Waals surface area contributed by atoms with Crippen molar-refractivity contribution in [3.05, 3.63) is 74.7 Å². The van der Waals surface area contributed by atoms with Crippen LogP contribution in [0.2, 0.25) is 0 Å². The van der Waals surface area contributed by atoms with Gasteiger partial charge in [-0.15, -0.1) is 0 Å². The van der Waals surface area contributed by atoms with Crippen molar-refractivity contribution in [2.75, 3.05) is 24.6 Å². The summed E-state index contributed by atoms with van der Waals surface area (Å²) in [5, 5.41) is 17.0. The zero-order valence-corrected chi connectivity index (χ0v) is 27.4. The molecule has 16 heteroatoms. The number of hydrogen-bond donors (Lipinski definition) is 1. The van der Waals surface area contributed by atoms with E-state index in [1.165, 1.54) is 47.9 Å². The Balaban J connectivity index is 1.49. The smallest absolute Gasteiger partial charge is 0.407 e. The molecule has 1 N–H and O–H groups in total. The second-order valence-electron chi connectivity index (χ2n) is 10.8. The number of nitro groups is 1. The van der Waals surface area contributed by atoms with Crippen molar-refractivity contribution in [2.24, 2.45) is 17.0 Å². The Hall–Kier alpha value is -4.27. The number of ketones is 1. The molecule has 1 aliphatic heterocycles. The largest absolute Gasteiger partial charge is 0.445 e. The van der Waals surface area contributed by atoms with Crippen LogP contribution in [0.3, 0.4) is 0 Å². The van der Waals surface area contributed by atoms with Gasteiger partial charge in [0.1, 0.15) is 23.9 Å². The molecule has 0 saturated carbocycles. The van der Waals surface area contributed by atoms with Crippen molar-refractivity contribution in [1.29, 1.82) is 0 Å². The Morgan fingerprint density at radius 3 is 2.32 bits per heavy atom. The fourth-order valence-corrected chi connectivity index (χ4v) is 7.51. The number of hydrogen-bond acceptors (Lipinski definition) is 12. The van der Waals surface area contributed by atoms with Gasteiger partial charge in [-0.2, -0.15) is 0 Å². The third-order valence-electron chi connectivity index (χ3n) is 7.04. The summed E-state index contributed by atoms with van der Waals surface area (Å²) in [5.41, 5.74) is 8.86. The molecule has 1 saturated heterocycles. The number of unbranched alkanes of at least 4 members (excludes halogenated alkanes) is 2. The minimum atomic E-state index is -1.16. The Morgan fingerprint density at radius 2 is 1.64 bits per heavy atom. The number of alkyl carbamates (subject to hydrolysis) is 1. The quantitative estimate of drug-likeness (QED) is 0.0174. The molecule has 1 amide bonds. The van der Waals surface area contributed by atoms with Crippen LogP contribution in [-0.4, -0.2) is 53.3 Å². The number of azide groups is 1. The molecule has 0 aliphatic carbocycles. The molecule has 14 nitrogen and oxygen atoms in total. The number of carbonyl (C=O) groups is 4. The number of Topliss-reactive ketones (excluding diaryl/α,β-unsaturated/α-hetero) is 1. The lowest BCUT2D eigenvalue weighted by Gasteiger charge is -2.15. The SMILES string of the molecule is [N-]=[N+]=NCCCCC(=O)CC(CC(=O)Oc1ccc([N+](=O)[O-])cc1)C(=O)Oc1ccc(COC(=O)NCCCCC2CSSC2)cc1. The second kappa shape index (κ2) is 20.8. The molecule has 2 aromatic rings. The van der Waals surface area contributed by atoms with Crippen molar-refractivity contribution in [3.63, 3.8) is 0 Å². The lowest BCUT2D eigenvalue weighted by Crippen LogP contribution is -2.27. The fraction of sp³-hybridized carbons (Fsp3) is 0.484. The van der Waals surface area contributed by atoms with Crippen molar-refractivity contribution >= 4 is 51.1 Å². The average Bonchev–Trinajstić information content (AvgIpc) is 3.58. The average molecular weight is 688 g/mol. The Morgan fingerprint density at radius 1 is 0.957 bits per heavy atom. The molecule has 1 aliphatic rings. The highest BCUT2D eigenvalue weighted by atomic mass is 33.1. The van der Waals surface area contributed by atoms with Gasteiger partial charge in [0.05, 0.1) is 17.3 Å². The number of nitro benzene ring substituents is 1. The van der Waals surface area contributed by atoms with Crippen LogP contribution >= 0.6 is 21.6 Å². The number of amides is 1. The lowest BCUT2D eigenvalue weighted by molar-refractivity contribution is -0.384. The molecule has 0 radical (unpaired) electrons. The van der Waals surface area contributed by atoms with Gasteiger partial charge in [-0.05, 0) is 67.0 Å². The van der Waals surface area contributed by atoms with Gasteiger partial charge < -0.3 is 19.5 Å². The monoisotopic (exact) mass is 687 g/mol. The normalized spacial score (nSPS) is 13.2. The van der Waals surface area contributed by atoms with Crippen molar-refractivity contribution < 1.29 is 38.3 Å². The number of benzene rings is 2. The molecule has 2 aromatic carbocycles. The standard InChI is InChI=1S/C31H37N5O9S2/c32-35-34-16-4-2-6-26(37)17-24(18-29(38)44-27-13-9-25(10-14-27)36(41)42)30(39)45-28-11-7-22(8-12-28)19-43-31(40)33-15-3-1-5-23-20-46-47-21-23/h7-14,23-24H,1-6,15-21H2,(H,33,40). The maximum atomic E-state index is 13.1. The van der Waals surface area contributed by atoms with Gasteiger partial charge in [-0.1, -0.05) is 45.3 Å². The van der Waals surface area contributed by atoms with Gasteiger partial charge in [0.15, 0.2) is 0 Å². The Kier molecular flexibility index (Phi) is 16.4. The van der Waals surface area contributed by atoms with Crippen LogP contribution in [0.1, 0.15) is 56.9 Å². The predicted octanol–water partition coefficient (Wildman–Crippen LogP) is 6.96. The fourth-order valence-electron chi connectivity index (χ4n) is 4.48. The maximum Gasteiger partial charge on any atom is 0.407 e. The van der Waals surface area contributed by atoms with Gasteiger partial charge in [-0.3, -0.25) is 24.5 Å². The zero-order valence-electron chi connectivity index (χ0n) is 25.7. The Labute approximate surface area is 279 Å². The first-order valence-corrected chi connectivity index (χ1v) is 17.7. The molecular formula is C31H37N5O9S2. The van der Waals surface area contributed by atoms with Crippen LogP contribution < -0.4 is 14.8 Å². The highest BCUT2D eigenvalue weighted by Gasteiger charge is 2.28. The first-order chi connectivity index (χ1) is 22.7. The van der Waals surface area contributed by atoms with Crippen LogP contribution in [0.15, 0.2) is 53.6 Å². The van der Waals surface area contributed by atoms with Crippen LogP contribution in [0, 0.1) is 22.0 Å². The lowest BCUT2D eigenvalue weighted by atomic mass is 9.96. The second-order valence-corrected chi connectivity index (χ2v) is 13.3. The third kappa shape index (κ3) is 14.8. The molecule has 1 heterocycles. The van der Waals surface area contributed by atoms with Crippen LogP contribution in [0.4, 0.5) is 10.5 Å². The van der Waals surface area contributed by atoms with E-state index in [1.54, 1.807) is 12.1 Å². The van der Waals surface area contributed by atoms with Gasteiger partial charge in [0, 0.05) is 54.5 Å². The first kappa shape index (κ1) is 37.2. The number of rotatable bonds is 20. The number of non-ortho nitro benzene ring substituents is 1. The summed E-state index contributed by atoms with van der Waals surface area (Å²) >= 11 is 0. The molecule has 47 heavy (non-hydrogen) atoms. The van der Waals surface area contributed by atoms with E-state index in [1.807, 2.05) is 21.6 Å². The molecule has 3 rings (SSSR count). The maximum absolute atomic E-state index is 13.1. The topological polar surface area (TPSA) is 200 Å². The molecule has 0 aromatic heterocycles. The van der Waals surface area contributed by atoms with Crippen LogP contribution in [0.25, 0.3) is 10.4 Å². The van der Waals surface area contributed by atoms with E-state index >= 15 is 0 Å². The van der Waals surface area contributed by atoms with E-state index in [9.17, 15) is 29.3 Å².